The highest BCUT2D eigenvalue weighted by molar-refractivity contribution is 6.06. The summed E-state index contributed by atoms with van der Waals surface area (Å²) in [5, 5.41) is 3.30. The first-order chi connectivity index (χ1) is 9.75. The average Bonchev–Trinajstić information content (AvgIpc) is 2.69. The molecule has 1 amide bonds. The van der Waals surface area contributed by atoms with Gasteiger partial charge >= 0.3 is 0 Å². The lowest BCUT2D eigenvalue weighted by atomic mass is 10.1. The molecule has 1 aliphatic heterocycles. The van der Waals surface area contributed by atoms with E-state index in [-0.39, 0.29) is 11.5 Å². The molecule has 1 aliphatic rings. The maximum Gasteiger partial charge on any atom is 0.259 e. The first-order valence-electron chi connectivity index (χ1n) is 6.55. The zero-order valence-electron chi connectivity index (χ0n) is 10.9. The quantitative estimate of drug-likeness (QED) is 0.815. The lowest BCUT2D eigenvalue weighted by molar-refractivity contribution is 0.0987. The summed E-state index contributed by atoms with van der Waals surface area (Å²) < 4.78 is 0. The number of H-pyrrole nitrogens is 1. The molecule has 102 valence electrons. The Hall–Kier alpha value is -2.40. The molecule has 0 saturated heterocycles. The first kappa shape index (κ1) is 12.6. The molecule has 2 N–H and O–H groups in total. The van der Waals surface area contributed by atoms with E-state index in [1.54, 1.807) is 11.0 Å². The van der Waals surface area contributed by atoms with E-state index < -0.39 is 0 Å². The minimum atomic E-state index is -0.209. The molecule has 2 heterocycles. The van der Waals surface area contributed by atoms with Gasteiger partial charge in [-0.2, -0.15) is 0 Å². The Balaban J connectivity index is 1.99. The maximum absolute atomic E-state index is 12.6. The van der Waals surface area contributed by atoms with Crippen molar-refractivity contribution < 1.29 is 4.79 Å². The number of aromatic amines is 1. The number of hydrogen-bond donors (Lipinski definition) is 2. The van der Waals surface area contributed by atoms with Gasteiger partial charge in [-0.15, -0.1) is 0 Å². The van der Waals surface area contributed by atoms with Gasteiger partial charge in [0.1, 0.15) is 0 Å². The Morgan fingerprint density at radius 3 is 2.80 bits per heavy atom. The highest BCUT2D eigenvalue weighted by atomic mass is 16.2. The summed E-state index contributed by atoms with van der Waals surface area (Å²) >= 11 is 0. The molecule has 0 fully saturated rings. The molecule has 0 spiro atoms. The predicted molar refractivity (Wildman–Crippen MR) is 76.9 cm³/mol. The Bertz CT molecular complexity index is 673. The van der Waals surface area contributed by atoms with Gasteiger partial charge in [0.25, 0.3) is 5.91 Å². The third kappa shape index (κ3) is 2.35. The van der Waals surface area contributed by atoms with Gasteiger partial charge in [0, 0.05) is 37.6 Å². The Morgan fingerprint density at radius 2 is 2.00 bits per heavy atom. The van der Waals surface area contributed by atoms with Crippen LogP contribution in [-0.2, 0) is 6.54 Å². The van der Waals surface area contributed by atoms with Crippen LogP contribution in [0, 0.1) is 0 Å². The zero-order chi connectivity index (χ0) is 13.9. The van der Waals surface area contributed by atoms with Crippen molar-refractivity contribution in [3.63, 3.8) is 0 Å². The first-order valence-corrected chi connectivity index (χ1v) is 6.55. The molecule has 0 bridgehead atoms. The number of aromatic nitrogens is 1. The van der Waals surface area contributed by atoms with E-state index in [0.29, 0.717) is 12.1 Å². The molecule has 0 radical (unpaired) electrons. The summed E-state index contributed by atoms with van der Waals surface area (Å²) in [7, 11) is 0. The number of hydrogen-bond acceptors (Lipinski definition) is 3. The molecular formula is C15H15N3O2. The van der Waals surface area contributed by atoms with E-state index in [0.717, 1.165) is 24.3 Å². The molecule has 0 atom stereocenters. The van der Waals surface area contributed by atoms with E-state index in [4.69, 9.17) is 0 Å². The maximum atomic E-state index is 12.6. The van der Waals surface area contributed by atoms with Crippen molar-refractivity contribution in [1.29, 1.82) is 0 Å². The summed E-state index contributed by atoms with van der Waals surface area (Å²) in [6.07, 6.45) is 1.46. The van der Waals surface area contributed by atoms with Gasteiger partial charge in [0.15, 0.2) is 0 Å². The van der Waals surface area contributed by atoms with E-state index in [2.05, 4.69) is 10.3 Å². The van der Waals surface area contributed by atoms with Crippen molar-refractivity contribution in [2.45, 2.75) is 6.54 Å². The molecule has 0 aliphatic carbocycles. The molecule has 5 nitrogen and oxygen atoms in total. The van der Waals surface area contributed by atoms with Gasteiger partial charge < -0.3 is 15.2 Å². The topological polar surface area (TPSA) is 65.2 Å². The SMILES string of the molecule is O=C(c1ccc(=O)[nH]c1)N1CCNCc2ccccc21. The van der Waals surface area contributed by atoms with Crippen molar-refractivity contribution in [3.8, 4) is 0 Å². The number of para-hydroxylation sites is 1. The molecule has 1 aromatic heterocycles. The molecule has 20 heavy (non-hydrogen) atoms. The van der Waals surface area contributed by atoms with Gasteiger partial charge in [-0.3, -0.25) is 9.59 Å². The van der Waals surface area contributed by atoms with E-state index in [9.17, 15) is 9.59 Å². The molecule has 3 rings (SSSR count). The standard InChI is InChI=1S/C15H15N3O2/c19-14-6-5-12(10-17-14)15(20)18-8-7-16-9-11-3-1-2-4-13(11)18/h1-6,10,16H,7-9H2,(H,17,19). The number of carbonyl (C=O) groups excluding carboxylic acids is 1. The van der Waals surface area contributed by atoms with Crippen LogP contribution in [0.25, 0.3) is 0 Å². The van der Waals surface area contributed by atoms with Crippen LogP contribution in [-0.4, -0.2) is 24.0 Å². The Morgan fingerprint density at radius 1 is 1.15 bits per heavy atom. The van der Waals surface area contributed by atoms with Crippen LogP contribution in [0.3, 0.4) is 0 Å². The van der Waals surface area contributed by atoms with E-state index in [1.165, 1.54) is 12.3 Å². The molecule has 2 aromatic rings. The number of benzene rings is 1. The fraction of sp³-hybridized carbons (Fsp3) is 0.200. The molecular weight excluding hydrogens is 254 g/mol. The second-order valence-corrected chi connectivity index (χ2v) is 4.70. The Labute approximate surface area is 116 Å². The minimum absolute atomic E-state index is 0.0996. The van der Waals surface area contributed by atoms with Crippen molar-refractivity contribution in [2.75, 3.05) is 18.0 Å². The third-order valence-corrected chi connectivity index (χ3v) is 3.39. The molecule has 0 unspecified atom stereocenters. The van der Waals surface area contributed by atoms with Crippen LogP contribution in [0.5, 0.6) is 0 Å². The number of anilines is 1. The van der Waals surface area contributed by atoms with Crippen LogP contribution >= 0.6 is 0 Å². The third-order valence-electron chi connectivity index (χ3n) is 3.39. The number of carbonyl (C=O) groups is 1. The number of rotatable bonds is 1. The highest BCUT2D eigenvalue weighted by Crippen LogP contribution is 2.23. The summed E-state index contributed by atoms with van der Waals surface area (Å²) in [5.41, 5.74) is 2.30. The van der Waals surface area contributed by atoms with Crippen LogP contribution in [0.1, 0.15) is 15.9 Å². The van der Waals surface area contributed by atoms with Gasteiger partial charge in [-0.05, 0) is 17.7 Å². The van der Waals surface area contributed by atoms with E-state index in [1.807, 2.05) is 24.3 Å². The highest BCUT2D eigenvalue weighted by Gasteiger charge is 2.21. The van der Waals surface area contributed by atoms with Crippen molar-refractivity contribution >= 4 is 11.6 Å². The zero-order valence-corrected chi connectivity index (χ0v) is 10.9. The molecule has 0 saturated carbocycles. The van der Waals surface area contributed by atoms with Crippen molar-refractivity contribution in [3.05, 3.63) is 64.1 Å². The van der Waals surface area contributed by atoms with Crippen LogP contribution in [0.15, 0.2) is 47.4 Å². The largest absolute Gasteiger partial charge is 0.328 e. The lowest BCUT2D eigenvalue weighted by Crippen LogP contribution is -2.35. The molecule has 1 aromatic carbocycles. The van der Waals surface area contributed by atoms with Gasteiger partial charge in [-0.25, -0.2) is 0 Å². The van der Waals surface area contributed by atoms with Crippen molar-refractivity contribution in [2.24, 2.45) is 0 Å². The number of amides is 1. The summed E-state index contributed by atoms with van der Waals surface area (Å²) in [4.78, 5) is 28.0. The smallest absolute Gasteiger partial charge is 0.259 e. The monoisotopic (exact) mass is 269 g/mol. The summed E-state index contributed by atoms with van der Waals surface area (Å²) in [6, 6.07) is 10.8. The van der Waals surface area contributed by atoms with Crippen molar-refractivity contribution in [1.82, 2.24) is 10.3 Å². The van der Waals surface area contributed by atoms with Crippen LogP contribution < -0.4 is 15.8 Å². The van der Waals surface area contributed by atoms with Crippen LogP contribution in [0.2, 0.25) is 0 Å². The second kappa shape index (κ2) is 5.30. The number of pyridine rings is 1. The second-order valence-electron chi connectivity index (χ2n) is 4.70. The average molecular weight is 269 g/mol. The fourth-order valence-electron chi connectivity index (χ4n) is 2.37. The predicted octanol–water partition coefficient (Wildman–Crippen LogP) is 1.12. The number of nitrogens with zero attached hydrogens (tertiary/aromatic N) is 1. The van der Waals surface area contributed by atoms with E-state index >= 15 is 0 Å². The normalized spacial score (nSPS) is 14.5. The lowest BCUT2D eigenvalue weighted by Gasteiger charge is -2.22. The fourth-order valence-corrected chi connectivity index (χ4v) is 2.37. The van der Waals surface area contributed by atoms with Gasteiger partial charge in [0.05, 0.1) is 5.56 Å². The van der Waals surface area contributed by atoms with Gasteiger partial charge in [0.2, 0.25) is 5.56 Å². The Kier molecular flexibility index (Phi) is 3.35. The minimum Gasteiger partial charge on any atom is -0.328 e. The summed E-state index contributed by atoms with van der Waals surface area (Å²) in [6.45, 7) is 2.10. The van der Waals surface area contributed by atoms with Gasteiger partial charge in [-0.1, -0.05) is 18.2 Å². The molecule has 5 heteroatoms. The summed E-state index contributed by atoms with van der Waals surface area (Å²) in [5.74, 6) is -0.0996. The van der Waals surface area contributed by atoms with Crippen LogP contribution in [0.4, 0.5) is 5.69 Å². The number of fused-ring (bicyclic) bond motifs is 1. The number of nitrogens with one attached hydrogen (secondary N) is 2.